The maximum absolute atomic E-state index is 13.3. The first-order valence-electron chi connectivity index (χ1n) is 11.8. The number of nitrogens with zero attached hydrogens (tertiary/aromatic N) is 3. The Bertz CT molecular complexity index is 1220. The second-order valence-electron chi connectivity index (χ2n) is 8.90. The van der Waals surface area contributed by atoms with Crippen LogP contribution in [0.5, 0.6) is 0 Å². The summed E-state index contributed by atoms with van der Waals surface area (Å²) < 4.78 is 7.72. The number of carbonyl (C=O) groups is 1. The summed E-state index contributed by atoms with van der Waals surface area (Å²) in [4.78, 5) is 16.9. The van der Waals surface area contributed by atoms with E-state index in [0.29, 0.717) is 6.42 Å². The average Bonchev–Trinajstić information content (AvgIpc) is 3.20. The zero-order valence-electron chi connectivity index (χ0n) is 19.9. The highest BCUT2D eigenvalue weighted by molar-refractivity contribution is 6.00. The zero-order chi connectivity index (χ0) is 23.6. The lowest BCUT2D eigenvalue weighted by molar-refractivity contribution is -0.122. The van der Waals surface area contributed by atoms with Gasteiger partial charge in [-0.3, -0.25) is 4.68 Å². The number of Topliss-reactive ketones (excluding diaryl/α,β-unsaturated/α-hetero) is 1. The third-order valence-electron chi connectivity index (χ3n) is 7.11. The Labute approximate surface area is 191 Å². The van der Waals surface area contributed by atoms with Crippen LogP contribution in [-0.4, -0.2) is 15.6 Å². The van der Waals surface area contributed by atoms with E-state index in [1.807, 2.05) is 54.2 Å². The van der Waals surface area contributed by atoms with Gasteiger partial charge in [0.2, 0.25) is 5.70 Å². The van der Waals surface area contributed by atoms with Crippen molar-refractivity contribution in [2.45, 2.75) is 39.0 Å². The van der Waals surface area contributed by atoms with E-state index in [9.17, 15) is 4.79 Å². The number of ketones is 1. The predicted molar refractivity (Wildman–Crippen MR) is 128 cm³/mol. The molecule has 2 aliphatic rings. The third kappa shape index (κ3) is 3.29. The summed E-state index contributed by atoms with van der Waals surface area (Å²) >= 11 is 0. The third-order valence-corrected chi connectivity index (χ3v) is 7.11. The molecule has 2 aliphatic carbocycles. The van der Waals surface area contributed by atoms with Gasteiger partial charge in [0, 0.05) is 30.9 Å². The van der Waals surface area contributed by atoms with E-state index in [4.69, 9.17) is 13.0 Å². The lowest BCUT2D eigenvalue weighted by atomic mass is 9.57. The number of allylic oxidation sites excluding steroid dienone is 2. The molecule has 1 aromatic heterocycles. The summed E-state index contributed by atoms with van der Waals surface area (Å²) in [5.41, 5.74) is 5.56. The molecule has 0 amide bonds. The minimum atomic E-state index is -0.425. The monoisotopic (exact) mass is 425 g/mol. The van der Waals surface area contributed by atoms with Gasteiger partial charge >= 0.3 is 0 Å². The predicted octanol–water partition coefficient (Wildman–Crippen LogP) is 5.79. The minimum Gasteiger partial charge on any atom is -0.308 e. The number of rotatable bonds is 3. The lowest BCUT2D eigenvalue weighted by Gasteiger charge is -2.45. The maximum Gasteiger partial charge on any atom is 0.226 e. The van der Waals surface area contributed by atoms with Gasteiger partial charge in [0.05, 0.1) is 18.0 Å². The van der Waals surface area contributed by atoms with Crippen molar-refractivity contribution in [2.75, 3.05) is 0 Å². The van der Waals surface area contributed by atoms with Gasteiger partial charge in [0.25, 0.3) is 0 Å². The summed E-state index contributed by atoms with van der Waals surface area (Å²) in [7, 11) is 3.24. The summed E-state index contributed by atoms with van der Waals surface area (Å²) in [5.74, 6) is -0.0717. The Balaban J connectivity index is 0.00000126. The normalized spacial score (nSPS) is 24.1. The first kappa shape index (κ1) is 20.5. The Morgan fingerprint density at radius 3 is 2.50 bits per heavy atom. The largest absolute Gasteiger partial charge is 0.308 e. The second kappa shape index (κ2) is 8.24. The van der Waals surface area contributed by atoms with Crippen LogP contribution in [0.1, 0.15) is 38.9 Å². The molecule has 0 unspecified atom stereocenters. The van der Waals surface area contributed by atoms with Crippen LogP contribution >= 0.6 is 0 Å². The molecule has 3 atom stereocenters. The van der Waals surface area contributed by atoms with Crippen molar-refractivity contribution in [1.29, 1.82) is 0 Å². The van der Waals surface area contributed by atoms with E-state index in [2.05, 4.69) is 36.0 Å². The molecule has 0 saturated heterocycles. The van der Waals surface area contributed by atoms with Crippen LogP contribution in [-0.2, 0) is 30.1 Å². The van der Waals surface area contributed by atoms with E-state index < -0.39 is 5.41 Å². The van der Waals surface area contributed by atoms with Crippen molar-refractivity contribution in [3.05, 3.63) is 101 Å². The van der Waals surface area contributed by atoms with Crippen molar-refractivity contribution in [3.63, 3.8) is 0 Å². The van der Waals surface area contributed by atoms with Gasteiger partial charge in [-0.25, -0.2) is 4.85 Å². The molecule has 1 heterocycles. The molecular weight excluding hydrogens is 394 g/mol. The minimum absolute atomic E-state index is 0.0102. The summed E-state index contributed by atoms with van der Waals surface area (Å²) in [6.07, 6.45) is 4.39. The zero-order valence-corrected chi connectivity index (χ0v) is 18.9. The van der Waals surface area contributed by atoms with Gasteiger partial charge in [-0.2, -0.15) is 5.10 Å². The van der Waals surface area contributed by atoms with Crippen LogP contribution in [0, 0.1) is 18.4 Å². The molecule has 5 rings (SSSR count). The van der Waals surface area contributed by atoms with Gasteiger partial charge in [-0.1, -0.05) is 81.1 Å². The van der Waals surface area contributed by atoms with Crippen molar-refractivity contribution in [3.8, 4) is 11.3 Å². The molecule has 0 radical (unpaired) electrons. The van der Waals surface area contributed by atoms with Crippen LogP contribution in [0.25, 0.3) is 16.1 Å². The van der Waals surface area contributed by atoms with E-state index >= 15 is 0 Å². The number of hydrogen-bond donors (Lipinski definition) is 0. The molecule has 0 saturated carbocycles. The maximum atomic E-state index is 13.3. The topological polar surface area (TPSA) is 39.2 Å². The van der Waals surface area contributed by atoms with Crippen molar-refractivity contribution in [2.24, 2.45) is 18.9 Å². The fourth-order valence-electron chi connectivity index (χ4n) is 5.68. The van der Waals surface area contributed by atoms with Crippen LogP contribution in [0.4, 0.5) is 0 Å². The molecule has 0 fully saturated rings. The highest BCUT2D eigenvalue weighted by atomic mass is 16.1. The highest BCUT2D eigenvalue weighted by Gasteiger charge is 2.51. The molecule has 0 bridgehead atoms. The number of benzene rings is 2. The lowest BCUT2D eigenvalue weighted by Crippen LogP contribution is -2.47. The first-order chi connectivity index (χ1) is 16.0. The molecule has 2 aromatic carbocycles. The van der Waals surface area contributed by atoms with Crippen LogP contribution in [0.2, 0.25) is 0 Å². The molecular formula is C28H29N3O. The standard InChI is InChI=1S/C27H25N3O.CH4/c1-27-17-23(28-2)25(31)21(16-18-10-6-4-7-11-18)22(27)15-14-20-24(30(3)29-26(20)27)19-12-8-5-9-13-19;/h4-13,17,21-22H,14-16H2,1,3H3;1H4/t21-,22-,27-;/m0./s1/i;1T. The van der Waals surface area contributed by atoms with Gasteiger partial charge < -0.3 is 4.79 Å². The summed E-state index contributed by atoms with van der Waals surface area (Å²) in [6.45, 7) is 9.84. The van der Waals surface area contributed by atoms with Gasteiger partial charge in [-0.15, -0.1) is 0 Å². The molecule has 0 aliphatic heterocycles. The second-order valence-corrected chi connectivity index (χ2v) is 8.90. The first-order valence-corrected chi connectivity index (χ1v) is 10.8. The molecule has 4 nitrogen and oxygen atoms in total. The molecule has 0 N–H and O–H groups in total. The number of fused-ring (bicyclic) bond motifs is 3. The van der Waals surface area contributed by atoms with E-state index in [1.165, 1.54) is 13.0 Å². The summed E-state index contributed by atoms with van der Waals surface area (Å²) in [5, 5.41) is 4.98. The fourth-order valence-corrected chi connectivity index (χ4v) is 5.68. The van der Waals surface area contributed by atoms with E-state index in [-0.39, 0.29) is 23.3 Å². The van der Waals surface area contributed by atoms with E-state index in [0.717, 1.165) is 35.4 Å². The van der Waals surface area contributed by atoms with Crippen molar-refractivity contribution >= 4 is 5.78 Å². The number of aryl methyl sites for hydroxylation is 1. The summed E-state index contributed by atoms with van der Waals surface area (Å²) in [6, 6.07) is 20.5. The molecule has 4 heteroatoms. The SMILES string of the molecule is [3H]C.[C-]#[N+]C1=C[C@]2(C)c3nn(C)c(-c4ccccc4)c3CC[C@H]2[C@H](Cc2ccccc2)C1=O. The van der Waals surface area contributed by atoms with Crippen molar-refractivity contribution < 1.29 is 6.17 Å². The molecule has 0 spiro atoms. The van der Waals surface area contributed by atoms with Crippen LogP contribution in [0.15, 0.2) is 72.4 Å². The Hall–Kier alpha value is -3.45. The number of hydrogen-bond acceptors (Lipinski definition) is 2. The smallest absolute Gasteiger partial charge is 0.226 e. The Kier molecular flexibility index (Phi) is 5.27. The Morgan fingerprint density at radius 2 is 1.84 bits per heavy atom. The average molecular weight is 426 g/mol. The van der Waals surface area contributed by atoms with Gasteiger partial charge in [0.1, 0.15) is 0 Å². The van der Waals surface area contributed by atoms with Gasteiger partial charge in [-0.05, 0) is 30.7 Å². The number of aromatic nitrogens is 2. The fraction of sp³-hybridized carbons (Fsp3) is 0.321. The molecule has 162 valence electrons. The van der Waals surface area contributed by atoms with Crippen LogP contribution < -0.4 is 0 Å². The molecule has 3 aromatic rings. The quantitative estimate of drug-likeness (QED) is 0.498. The molecule has 32 heavy (non-hydrogen) atoms. The highest BCUT2D eigenvalue weighted by Crippen LogP contribution is 2.52. The van der Waals surface area contributed by atoms with Gasteiger partial charge in [0.15, 0.2) is 5.78 Å². The van der Waals surface area contributed by atoms with Crippen LogP contribution in [0.3, 0.4) is 0 Å². The number of carbonyl (C=O) groups excluding carboxylic acids is 1. The Morgan fingerprint density at radius 1 is 1.19 bits per heavy atom. The van der Waals surface area contributed by atoms with E-state index in [1.54, 1.807) is 0 Å². The van der Waals surface area contributed by atoms with Crippen molar-refractivity contribution in [1.82, 2.24) is 9.78 Å².